The number of nitrogens with two attached hydrogens (primary N) is 1. The number of aromatic amines is 1. The Labute approximate surface area is 550 Å². The largest absolute Gasteiger partial charge is 0.383 e. The lowest BCUT2D eigenvalue weighted by atomic mass is 10.1. The van der Waals surface area contributed by atoms with Gasteiger partial charge in [-0.05, 0) is 27.0 Å². The van der Waals surface area contributed by atoms with E-state index in [-0.39, 0.29) is 0 Å². The second-order valence-electron chi connectivity index (χ2n) is 23.1. The SMILES string of the molecule is CN(C)c1ncnc2c1cnn2C.CN1CCN(c2ncnc3c2cnn3C)CC1.CNc1ncnc2c1cnn2C.Cc1[nH]nc2cc(-c3nn(C)c4ncnc(N5CCOCC5)c34)ccc12.Cc1nc(N)c2cnn(C)c2n1.Cn1ncc2c(N3CCOCC3)ncnc21. The molecule has 13 aromatic heterocycles. The van der Waals surface area contributed by atoms with Crippen molar-refractivity contribution < 1.29 is 9.47 Å². The molecule has 1 aromatic carbocycles. The molecule has 0 saturated carbocycles. The third kappa shape index (κ3) is 13.6. The second-order valence-corrected chi connectivity index (χ2v) is 23.1. The monoisotopic (exact) mass is 1300 g/mol. The van der Waals surface area contributed by atoms with Crippen molar-refractivity contribution in [3.05, 3.63) is 92.3 Å². The highest BCUT2D eigenvalue weighted by Crippen LogP contribution is 2.35. The molecule has 3 aliphatic heterocycles. The first-order valence-corrected chi connectivity index (χ1v) is 31.0. The van der Waals surface area contributed by atoms with Crippen molar-refractivity contribution in [1.82, 2.24) is 134 Å². The molecule has 0 unspecified atom stereocenters. The van der Waals surface area contributed by atoms with E-state index in [4.69, 9.17) is 20.3 Å². The Morgan fingerprint density at radius 2 is 0.948 bits per heavy atom. The number of nitrogens with zero attached hydrogens (tertiary/aromatic N) is 30. The number of rotatable bonds is 6. The molecule has 35 nitrogen and oxygen atoms in total. The molecule has 16 heterocycles. The quantitative estimate of drug-likeness (QED) is 0.214. The number of likely N-dealkylation sites (N-methyl/N-ethyl adjacent to an activating group) is 1. The zero-order valence-corrected chi connectivity index (χ0v) is 55.8. The normalized spacial score (nSPS) is 14.2. The fraction of sp³-hybridized carbons (Fsp3) is 0.393. The molecule has 3 fully saturated rings. The number of nitrogens with one attached hydrogen (secondary N) is 2. The number of piperazine rings is 1. The van der Waals surface area contributed by atoms with Gasteiger partial charge in [0, 0.05) is 132 Å². The van der Waals surface area contributed by atoms with Gasteiger partial charge in [-0.2, -0.15) is 35.7 Å². The van der Waals surface area contributed by atoms with Gasteiger partial charge >= 0.3 is 0 Å². The lowest BCUT2D eigenvalue weighted by Crippen LogP contribution is -2.44. The number of nitrogen functional groups attached to an aromatic ring is 1. The fourth-order valence-electron chi connectivity index (χ4n) is 11.4. The lowest BCUT2D eigenvalue weighted by molar-refractivity contribution is 0.122. The Hall–Kier alpha value is -11.3. The van der Waals surface area contributed by atoms with Gasteiger partial charge in [0.05, 0.1) is 95.2 Å². The Morgan fingerprint density at radius 1 is 0.479 bits per heavy atom. The Kier molecular flexibility index (Phi) is 19.2. The number of H-pyrrole nitrogens is 1. The van der Waals surface area contributed by atoms with E-state index in [1.807, 2.05) is 99.3 Å². The summed E-state index contributed by atoms with van der Waals surface area (Å²) >= 11 is 0. The molecule has 498 valence electrons. The van der Waals surface area contributed by atoms with Crippen LogP contribution in [0.1, 0.15) is 11.5 Å². The van der Waals surface area contributed by atoms with Gasteiger partial charge in [0.2, 0.25) is 0 Å². The van der Waals surface area contributed by atoms with E-state index in [1.54, 1.807) is 67.3 Å². The van der Waals surface area contributed by atoms with Crippen LogP contribution in [0.4, 0.5) is 34.9 Å². The number of hydrogen-bond donors (Lipinski definition) is 3. The van der Waals surface area contributed by atoms with E-state index in [9.17, 15) is 0 Å². The number of anilines is 6. The molecular weight excluding hydrogens is 1230 g/mol. The summed E-state index contributed by atoms with van der Waals surface area (Å²) in [5.41, 5.74) is 14.6. The predicted octanol–water partition coefficient (Wildman–Crippen LogP) is 3.45. The molecule has 96 heavy (non-hydrogen) atoms. The molecule has 14 aromatic rings. The highest BCUT2D eigenvalue weighted by atomic mass is 16.5. The van der Waals surface area contributed by atoms with E-state index in [0.717, 1.165) is 189 Å². The average molecular weight is 1300 g/mol. The van der Waals surface area contributed by atoms with Gasteiger partial charge < -0.3 is 45.0 Å². The van der Waals surface area contributed by atoms with E-state index in [0.29, 0.717) is 24.9 Å². The number of hydrogen-bond acceptors (Lipinski definition) is 28. The minimum Gasteiger partial charge on any atom is -0.383 e. The maximum atomic E-state index is 5.67. The standard InChI is InChI=1S/C18H19N7O.C11H16N6.C10H13N5O.C8H11N5.2C7H9N5/c1-11-13-4-3-12(9-14(13)22-21-11)16-15-17(24(2)23-16)19-10-20-18(15)25-5-7-26-8-6-25;1-15-3-5-17(6-4-15)11-9-7-14-16(2)10(9)12-8-13-11;1-14-9-8(6-13-14)10(12-7-11-9)15-2-4-16-5-3-15;1-12(2)7-6-4-11-13(3)8(6)10-5-9-7;1-8-6-5-3-11-12(2)7(5)10-4-9-6;1-4-10-6(8)5-3-9-12(2)7(5)11-4/h3-4,9-10H,5-8H2,1-2H3,(H,21,22);7-8H,3-6H2,1-2H3;6-7H,2-5H2,1H3;4-5H,1-3H3;3-4H,1-2H3,(H,8,9,10);3H,1-2H3,(H2,8,10,11). The van der Waals surface area contributed by atoms with Crippen LogP contribution in [0.2, 0.25) is 0 Å². The summed E-state index contributed by atoms with van der Waals surface area (Å²) in [6.45, 7) is 14.3. The summed E-state index contributed by atoms with van der Waals surface area (Å²) in [4.78, 5) is 62.1. The summed E-state index contributed by atoms with van der Waals surface area (Å²) < 4.78 is 21.3. The van der Waals surface area contributed by atoms with Crippen molar-refractivity contribution in [2.75, 3.05) is 138 Å². The van der Waals surface area contributed by atoms with E-state index >= 15 is 0 Å². The van der Waals surface area contributed by atoms with Crippen LogP contribution in [-0.2, 0) is 51.8 Å². The van der Waals surface area contributed by atoms with Crippen LogP contribution in [0, 0.1) is 13.8 Å². The van der Waals surface area contributed by atoms with Crippen LogP contribution in [0.15, 0.2) is 80.8 Å². The van der Waals surface area contributed by atoms with Crippen LogP contribution in [0.25, 0.3) is 88.4 Å². The average Bonchev–Trinajstić information content (AvgIpc) is 1.59. The second kappa shape index (κ2) is 28.5. The van der Waals surface area contributed by atoms with Gasteiger partial charge in [-0.25, -0.2) is 64.5 Å². The third-order valence-electron chi connectivity index (χ3n) is 16.5. The molecular formula is C61H77N33O2. The molecule has 17 rings (SSSR count). The van der Waals surface area contributed by atoms with Gasteiger partial charge in [-0.1, -0.05) is 12.1 Å². The summed E-state index contributed by atoms with van der Waals surface area (Å²) in [5.74, 6) is 5.76. The fourth-order valence-corrected chi connectivity index (χ4v) is 11.4. The van der Waals surface area contributed by atoms with Gasteiger partial charge in [0.1, 0.15) is 78.1 Å². The number of aryl methyl sites for hydroxylation is 8. The van der Waals surface area contributed by atoms with Crippen LogP contribution in [0.3, 0.4) is 0 Å². The molecule has 3 saturated heterocycles. The predicted molar refractivity (Wildman–Crippen MR) is 366 cm³/mol. The summed E-state index contributed by atoms with van der Waals surface area (Å²) in [6, 6.07) is 6.24. The molecule has 35 heteroatoms. The number of fused-ring (bicyclic) bond motifs is 7. The van der Waals surface area contributed by atoms with Crippen LogP contribution in [0.5, 0.6) is 0 Å². The van der Waals surface area contributed by atoms with Crippen molar-refractivity contribution in [3.63, 3.8) is 0 Å². The van der Waals surface area contributed by atoms with Crippen LogP contribution < -0.4 is 30.7 Å². The molecule has 4 N–H and O–H groups in total. The topological polar surface area (TPSA) is 363 Å². The summed E-state index contributed by atoms with van der Waals surface area (Å²) in [7, 11) is 19.1. The lowest BCUT2D eigenvalue weighted by Gasteiger charge is -2.33. The first kappa shape index (κ1) is 64.8. The zero-order chi connectivity index (χ0) is 67.1. The maximum absolute atomic E-state index is 5.67. The van der Waals surface area contributed by atoms with E-state index in [1.165, 1.54) is 6.33 Å². The van der Waals surface area contributed by atoms with Crippen LogP contribution >= 0.6 is 0 Å². The van der Waals surface area contributed by atoms with Crippen LogP contribution in [-0.4, -0.2) is 241 Å². The summed E-state index contributed by atoms with van der Waals surface area (Å²) in [5, 5.41) is 42.7. The van der Waals surface area contributed by atoms with Gasteiger partial charge in [-0.15, -0.1) is 0 Å². The minimum atomic E-state index is 0.491. The first-order valence-electron chi connectivity index (χ1n) is 31.0. The van der Waals surface area contributed by atoms with Gasteiger partial charge in [-0.3, -0.25) is 28.5 Å². The molecule has 0 radical (unpaired) electrons. The van der Waals surface area contributed by atoms with Crippen molar-refractivity contribution in [1.29, 1.82) is 0 Å². The highest BCUT2D eigenvalue weighted by molar-refractivity contribution is 6.01. The highest BCUT2D eigenvalue weighted by Gasteiger charge is 2.24. The van der Waals surface area contributed by atoms with Crippen molar-refractivity contribution in [2.24, 2.45) is 42.3 Å². The minimum absolute atomic E-state index is 0.491. The summed E-state index contributed by atoms with van der Waals surface area (Å²) in [6.07, 6.45) is 16.8. The van der Waals surface area contributed by atoms with Crippen molar-refractivity contribution in [3.8, 4) is 11.3 Å². The maximum Gasteiger partial charge on any atom is 0.163 e. The smallest absolute Gasteiger partial charge is 0.163 e. The molecule has 3 aliphatic rings. The van der Waals surface area contributed by atoms with Gasteiger partial charge in [0.15, 0.2) is 33.9 Å². The van der Waals surface area contributed by atoms with Gasteiger partial charge in [0.25, 0.3) is 0 Å². The molecule has 0 atom stereocenters. The number of morpholine rings is 2. The number of ether oxygens (including phenoxy) is 2. The molecule has 0 amide bonds. The van der Waals surface area contributed by atoms with Crippen molar-refractivity contribution >= 4 is 112 Å². The third-order valence-corrected chi connectivity index (χ3v) is 16.5. The van der Waals surface area contributed by atoms with Crippen molar-refractivity contribution in [2.45, 2.75) is 13.8 Å². The zero-order valence-electron chi connectivity index (χ0n) is 55.8. The first-order chi connectivity index (χ1) is 46.5. The Bertz CT molecular complexity index is 4960. The number of aromatic nitrogens is 26. The van der Waals surface area contributed by atoms with E-state index < -0.39 is 0 Å². The number of benzene rings is 1. The molecule has 0 bridgehead atoms. The molecule has 0 spiro atoms. The Morgan fingerprint density at radius 3 is 1.52 bits per heavy atom. The Balaban J connectivity index is 0.000000113. The molecule has 0 aliphatic carbocycles. The van der Waals surface area contributed by atoms with E-state index in [2.05, 4.69) is 146 Å².